The predicted octanol–water partition coefficient (Wildman–Crippen LogP) is 3.79. The van der Waals surface area contributed by atoms with E-state index >= 15 is 0 Å². The summed E-state index contributed by atoms with van der Waals surface area (Å²) in [6.07, 6.45) is 1.72. The van der Waals surface area contributed by atoms with Crippen molar-refractivity contribution in [1.82, 2.24) is 24.8 Å². The molecule has 0 bridgehead atoms. The Hall–Kier alpha value is -4.94. The van der Waals surface area contributed by atoms with E-state index in [2.05, 4.69) is 21.4 Å². The van der Waals surface area contributed by atoms with Crippen LogP contribution in [0.5, 0.6) is 0 Å². The third-order valence-electron chi connectivity index (χ3n) is 7.14. The van der Waals surface area contributed by atoms with Gasteiger partial charge in [-0.2, -0.15) is 5.26 Å². The number of hydrogen-bond acceptors (Lipinski definition) is 7. The lowest BCUT2D eigenvalue weighted by Crippen LogP contribution is -2.33. The van der Waals surface area contributed by atoms with Crippen LogP contribution in [0.15, 0.2) is 71.7 Å². The topological polar surface area (TPSA) is 123 Å². The standard InChI is InChI=1S/C30H24N6O3/c1-30(16-31)17-39-15-21-4-3-19(11-23(21)30)29(38)33-14-22-12-26-20(13-32-22)6-9-24(34-26)25-8-5-18-7-10-27(37)36(2)28(18)35-25/h3-13H,14-15,17H2,1-2H3,(H,33,38)/t30-/m1/s1. The van der Waals surface area contributed by atoms with Gasteiger partial charge in [-0.15, -0.1) is 0 Å². The van der Waals surface area contributed by atoms with E-state index in [1.165, 1.54) is 10.6 Å². The van der Waals surface area contributed by atoms with E-state index < -0.39 is 5.41 Å². The van der Waals surface area contributed by atoms with Crippen molar-refractivity contribution >= 4 is 27.8 Å². The molecule has 9 nitrogen and oxygen atoms in total. The van der Waals surface area contributed by atoms with Crippen molar-refractivity contribution in [1.29, 1.82) is 5.26 Å². The molecule has 0 radical (unpaired) electrons. The number of benzene rings is 1. The quantitative estimate of drug-likeness (QED) is 0.386. The molecule has 39 heavy (non-hydrogen) atoms. The van der Waals surface area contributed by atoms with Gasteiger partial charge in [0.25, 0.3) is 11.5 Å². The zero-order valence-corrected chi connectivity index (χ0v) is 21.4. The summed E-state index contributed by atoms with van der Waals surface area (Å²) < 4.78 is 7.07. The molecular weight excluding hydrogens is 492 g/mol. The molecule has 4 aromatic heterocycles. The molecule has 0 spiro atoms. The number of ether oxygens (including phenoxy) is 1. The van der Waals surface area contributed by atoms with Crippen LogP contribution in [-0.4, -0.2) is 32.0 Å². The van der Waals surface area contributed by atoms with Crippen molar-refractivity contribution in [3.63, 3.8) is 0 Å². The van der Waals surface area contributed by atoms with Crippen LogP contribution in [0.1, 0.15) is 34.1 Å². The van der Waals surface area contributed by atoms with Crippen LogP contribution in [-0.2, 0) is 30.4 Å². The largest absolute Gasteiger partial charge is 0.375 e. The molecule has 0 unspecified atom stereocenters. The summed E-state index contributed by atoms with van der Waals surface area (Å²) in [5.41, 5.74) is 4.59. The van der Waals surface area contributed by atoms with Crippen molar-refractivity contribution in [3.05, 3.63) is 99.6 Å². The zero-order valence-electron chi connectivity index (χ0n) is 21.4. The first-order chi connectivity index (χ1) is 18.8. The smallest absolute Gasteiger partial charge is 0.251 e. The Morgan fingerprint density at radius 2 is 1.85 bits per heavy atom. The normalized spacial score (nSPS) is 16.5. The molecule has 5 heterocycles. The predicted molar refractivity (Wildman–Crippen MR) is 146 cm³/mol. The summed E-state index contributed by atoms with van der Waals surface area (Å²) in [6.45, 7) is 2.76. The molecule has 0 saturated carbocycles. The zero-order chi connectivity index (χ0) is 27.1. The monoisotopic (exact) mass is 516 g/mol. The van der Waals surface area contributed by atoms with Gasteiger partial charge in [-0.05, 0) is 66.6 Å². The van der Waals surface area contributed by atoms with Crippen LogP contribution in [0, 0.1) is 11.3 Å². The summed E-state index contributed by atoms with van der Waals surface area (Å²) in [7, 11) is 1.70. The van der Waals surface area contributed by atoms with Crippen LogP contribution in [0.2, 0.25) is 0 Å². The minimum Gasteiger partial charge on any atom is -0.375 e. The SMILES string of the molecule is Cn1c(=O)ccc2ccc(-c3ccc4cnc(CNC(=O)c5ccc6c(c5)[C@](C)(C#N)COC6)cc4n3)nc21. The second-order valence-electron chi connectivity index (χ2n) is 9.90. The van der Waals surface area contributed by atoms with E-state index in [0.717, 1.165) is 21.9 Å². The van der Waals surface area contributed by atoms with Crippen molar-refractivity contribution in [2.24, 2.45) is 7.05 Å². The molecule has 6 rings (SSSR count). The van der Waals surface area contributed by atoms with Crippen molar-refractivity contribution < 1.29 is 9.53 Å². The summed E-state index contributed by atoms with van der Waals surface area (Å²) in [5.74, 6) is -0.251. The third-order valence-corrected chi connectivity index (χ3v) is 7.14. The number of hydrogen-bond donors (Lipinski definition) is 1. The number of nitrogens with zero attached hydrogens (tertiary/aromatic N) is 5. The molecule has 1 amide bonds. The van der Waals surface area contributed by atoms with E-state index in [1.807, 2.05) is 43.3 Å². The minimum atomic E-state index is -0.790. The molecule has 0 fully saturated rings. The second kappa shape index (κ2) is 9.42. The molecule has 1 aliphatic rings. The average Bonchev–Trinajstić information content (AvgIpc) is 2.97. The first-order valence-corrected chi connectivity index (χ1v) is 12.5. The molecule has 5 aromatic rings. The number of nitriles is 1. The molecule has 0 saturated heterocycles. The molecule has 1 N–H and O–H groups in total. The van der Waals surface area contributed by atoms with Crippen LogP contribution < -0.4 is 10.9 Å². The number of rotatable bonds is 4. The number of aromatic nitrogens is 4. The van der Waals surface area contributed by atoms with Gasteiger partial charge in [0.2, 0.25) is 0 Å². The maximum Gasteiger partial charge on any atom is 0.251 e. The summed E-state index contributed by atoms with van der Waals surface area (Å²) in [5, 5.41) is 14.3. The Labute approximate surface area is 223 Å². The molecule has 0 aliphatic carbocycles. The average molecular weight is 517 g/mol. The van der Waals surface area contributed by atoms with Crippen LogP contribution in [0.3, 0.4) is 0 Å². The van der Waals surface area contributed by atoms with Gasteiger partial charge in [-0.3, -0.25) is 19.1 Å². The highest BCUT2D eigenvalue weighted by molar-refractivity contribution is 5.94. The fourth-order valence-electron chi connectivity index (χ4n) is 4.84. The van der Waals surface area contributed by atoms with Gasteiger partial charge in [0.15, 0.2) is 0 Å². The Kier molecular flexibility index (Phi) is 5.89. The number of nitrogens with one attached hydrogen (secondary N) is 1. The Balaban J connectivity index is 1.24. The molecule has 1 aliphatic heterocycles. The van der Waals surface area contributed by atoms with Crippen molar-refractivity contribution in [2.75, 3.05) is 6.61 Å². The van der Waals surface area contributed by atoms with Crippen LogP contribution in [0.25, 0.3) is 33.3 Å². The molecular formula is C30H24N6O3. The maximum absolute atomic E-state index is 13.0. The maximum atomic E-state index is 13.0. The van der Waals surface area contributed by atoms with Gasteiger partial charge < -0.3 is 10.1 Å². The fourth-order valence-corrected chi connectivity index (χ4v) is 4.84. The lowest BCUT2D eigenvalue weighted by atomic mass is 9.79. The summed E-state index contributed by atoms with van der Waals surface area (Å²) in [6, 6.07) is 20.4. The number of carbonyl (C=O) groups is 1. The van der Waals surface area contributed by atoms with Gasteiger partial charge in [-0.25, -0.2) is 9.97 Å². The number of amides is 1. The fraction of sp³-hybridized carbons (Fsp3) is 0.200. The summed E-state index contributed by atoms with van der Waals surface area (Å²) >= 11 is 0. The van der Waals surface area contributed by atoms with E-state index in [4.69, 9.17) is 9.72 Å². The van der Waals surface area contributed by atoms with Crippen LogP contribution >= 0.6 is 0 Å². The number of pyridine rings is 4. The molecule has 192 valence electrons. The first kappa shape index (κ1) is 24.4. The van der Waals surface area contributed by atoms with E-state index in [9.17, 15) is 14.9 Å². The Bertz CT molecular complexity index is 1890. The lowest BCUT2D eigenvalue weighted by molar-refractivity contribution is 0.0757. The van der Waals surface area contributed by atoms with E-state index in [0.29, 0.717) is 47.0 Å². The second-order valence-corrected chi connectivity index (χ2v) is 9.90. The third kappa shape index (κ3) is 4.41. The van der Waals surface area contributed by atoms with Gasteiger partial charge >= 0.3 is 0 Å². The highest BCUT2D eigenvalue weighted by Gasteiger charge is 2.33. The summed E-state index contributed by atoms with van der Waals surface area (Å²) in [4.78, 5) is 38.9. The minimum absolute atomic E-state index is 0.125. The Morgan fingerprint density at radius 1 is 1.08 bits per heavy atom. The number of aryl methyl sites for hydroxylation is 1. The van der Waals surface area contributed by atoms with E-state index in [-0.39, 0.29) is 18.0 Å². The lowest BCUT2D eigenvalue weighted by Gasteiger charge is -2.30. The van der Waals surface area contributed by atoms with Gasteiger partial charge in [0.1, 0.15) is 11.1 Å². The highest BCUT2D eigenvalue weighted by atomic mass is 16.5. The van der Waals surface area contributed by atoms with Gasteiger partial charge in [0, 0.05) is 35.6 Å². The molecule has 1 aromatic carbocycles. The Morgan fingerprint density at radius 3 is 2.67 bits per heavy atom. The van der Waals surface area contributed by atoms with E-state index in [1.54, 1.807) is 31.4 Å². The molecule has 1 atom stereocenters. The highest BCUT2D eigenvalue weighted by Crippen LogP contribution is 2.32. The first-order valence-electron chi connectivity index (χ1n) is 12.5. The van der Waals surface area contributed by atoms with Gasteiger partial charge in [0.05, 0.1) is 48.4 Å². The number of fused-ring (bicyclic) bond motifs is 3. The van der Waals surface area contributed by atoms with Gasteiger partial charge in [-0.1, -0.05) is 6.07 Å². The van der Waals surface area contributed by atoms with Crippen molar-refractivity contribution in [2.45, 2.75) is 25.5 Å². The number of carbonyl (C=O) groups excluding carboxylic acids is 1. The van der Waals surface area contributed by atoms with Crippen LogP contribution in [0.4, 0.5) is 0 Å². The molecule has 9 heteroatoms. The van der Waals surface area contributed by atoms with Crippen molar-refractivity contribution in [3.8, 4) is 17.5 Å².